The van der Waals surface area contributed by atoms with Crippen molar-refractivity contribution >= 4 is 29.3 Å². The molecule has 0 aromatic heterocycles. The minimum absolute atomic E-state index is 0.000418. The minimum atomic E-state index is -0.510. The zero-order chi connectivity index (χ0) is 16.5. The van der Waals surface area contributed by atoms with Crippen LogP contribution in [0.1, 0.15) is 30.6 Å². The molecule has 2 amide bonds. The van der Waals surface area contributed by atoms with E-state index < -0.39 is 6.04 Å². The second kappa shape index (κ2) is 9.48. The van der Waals surface area contributed by atoms with Crippen molar-refractivity contribution in [2.75, 3.05) is 30.4 Å². The van der Waals surface area contributed by atoms with Crippen LogP contribution >= 0.6 is 11.8 Å². The summed E-state index contributed by atoms with van der Waals surface area (Å²) in [5.74, 6) is 0.655. The van der Waals surface area contributed by atoms with Crippen LogP contribution in [0.4, 0.5) is 5.69 Å². The van der Waals surface area contributed by atoms with Crippen LogP contribution in [-0.4, -0.2) is 47.9 Å². The molecule has 0 fully saturated rings. The molecule has 1 atom stereocenters. The van der Waals surface area contributed by atoms with E-state index in [1.165, 1.54) is 0 Å². The van der Waals surface area contributed by atoms with E-state index in [1.54, 1.807) is 40.9 Å². The first-order chi connectivity index (χ1) is 10.5. The van der Waals surface area contributed by atoms with Crippen molar-refractivity contribution in [3.8, 4) is 0 Å². The van der Waals surface area contributed by atoms with Crippen LogP contribution in [0.25, 0.3) is 0 Å². The first-order valence-electron chi connectivity index (χ1n) is 7.48. The number of carbonyl (C=O) groups excluding carboxylic acids is 2. The van der Waals surface area contributed by atoms with Crippen molar-refractivity contribution in [3.05, 3.63) is 29.8 Å². The molecular formula is C16H25N3O2S. The van der Waals surface area contributed by atoms with Gasteiger partial charge < -0.3 is 16.0 Å². The van der Waals surface area contributed by atoms with Crippen LogP contribution < -0.4 is 11.1 Å². The summed E-state index contributed by atoms with van der Waals surface area (Å²) in [6, 6.07) is 6.41. The lowest BCUT2D eigenvalue weighted by molar-refractivity contribution is -0.117. The lowest BCUT2D eigenvalue weighted by Gasteiger charge is -2.18. The van der Waals surface area contributed by atoms with Crippen LogP contribution in [0.2, 0.25) is 0 Å². The quantitative estimate of drug-likeness (QED) is 0.769. The summed E-state index contributed by atoms with van der Waals surface area (Å²) in [5.41, 5.74) is 7.09. The average molecular weight is 323 g/mol. The predicted octanol–water partition coefficient (Wildman–Crippen LogP) is 2.19. The fraction of sp³-hybridized carbons (Fsp3) is 0.500. The van der Waals surface area contributed by atoms with Gasteiger partial charge >= 0.3 is 0 Å². The van der Waals surface area contributed by atoms with Gasteiger partial charge in [0.2, 0.25) is 5.91 Å². The van der Waals surface area contributed by atoms with E-state index in [4.69, 9.17) is 5.73 Å². The Kier molecular flexibility index (Phi) is 7.98. The number of nitrogens with zero attached hydrogens (tertiary/aromatic N) is 1. The molecule has 22 heavy (non-hydrogen) atoms. The molecule has 122 valence electrons. The summed E-state index contributed by atoms with van der Waals surface area (Å²) in [7, 11) is 0. The van der Waals surface area contributed by atoms with Gasteiger partial charge in [0.15, 0.2) is 0 Å². The number of amides is 2. The van der Waals surface area contributed by atoms with E-state index in [9.17, 15) is 9.59 Å². The summed E-state index contributed by atoms with van der Waals surface area (Å²) in [6.07, 6.45) is 2.63. The lowest BCUT2D eigenvalue weighted by Crippen LogP contribution is -2.36. The van der Waals surface area contributed by atoms with E-state index in [-0.39, 0.29) is 11.8 Å². The molecule has 5 nitrogen and oxygen atoms in total. The molecule has 0 aliphatic rings. The Bertz CT molecular complexity index is 487. The monoisotopic (exact) mass is 323 g/mol. The summed E-state index contributed by atoms with van der Waals surface area (Å²) >= 11 is 1.66. The van der Waals surface area contributed by atoms with E-state index in [0.717, 1.165) is 5.75 Å². The van der Waals surface area contributed by atoms with Crippen LogP contribution in [0.3, 0.4) is 0 Å². The maximum atomic E-state index is 12.2. The molecule has 1 aromatic carbocycles. The molecule has 1 rings (SSSR count). The van der Waals surface area contributed by atoms with Crippen molar-refractivity contribution in [2.24, 2.45) is 5.73 Å². The molecule has 6 heteroatoms. The van der Waals surface area contributed by atoms with Gasteiger partial charge in [-0.1, -0.05) is 0 Å². The van der Waals surface area contributed by atoms with Gasteiger partial charge in [-0.3, -0.25) is 9.59 Å². The summed E-state index contributed by atoms with van der Waals surface area (Å²) in [4.78, 5) is 25.9. The maximum Gasteiger partial charge on any atom is 0.253 e. The van der Waals surface area contributed by atoms with Crippen LogP contribution in [0.15, 0.2) is 24.3 Å². The zero-order valence-corrected chi connectivity index (χ0v) is 14.3. The fourth-order valence-corrected chi connectivity index (χ4v) is 2.49. The van der Waals surface area contributed by atoms with Gasteiger partial charge in [0.25, 0.3) is 5.91 Å². The van der Waals surface area contributed by atoms with Gasteiger partial charge in [0.1, 0.15) is 0 Å². The number of thioether (sulfide) groups is 1. The van der Waals surface area contributed by atoms with Gasteiger partial charge in [-0.25, -0.2) is 0 Å². The van der Waals surface area contributed by atoms with E-state index in [2.05, 4.69) is 5.32 Å². The number of hydrogen-bond donors (Lipinski definition) is 2. The van der Waals surface area contributed by atoms with E-state index in [0.29, 0.717) is 30.8 Å². The topological polar surface area (TPSA) is 75.4 Å². The Hall–Kier alpha value is -1.53. The second-order valence-electron chi connectivity index (χ2n) is 4.93. The molecule has 0 radical (unpaired) electrons. The number of hydrogen-bond acceptors (Lipinski definition) is 4. The van der Waals surface area contributed by atoms with Gasteiger partial charge in [0.05, 0.1) is 6.04 Å². The van der Waals surface area contributed by atoms with Gasteiger partial charge in [0, 0.05) is 24.3 Å². The standard InChI is InChI=1S/C16H25N3O2S/c1-4-19(5-2)16(21)12-6-8-13(9-7-12)18-15(20)14(17)10-11-22-3/h6-9,14H,4-5,10-11,17H2,1-3H3,(H,18,20)/t14-/m0/s1. The molecule has 0 saturated carbocycles. The Labute approximate surface area is 136 Å². The van der Waals surface area contributed by atoms with Crippen molar-refractivity contribution in [3.63, 3.8) is 0 Å². The second-order valence-corrected chi connectivity index (χ2v) is 5.92. The van der Waals surface area contributed by atoms with Gasteiger partial charge in [-0.15, -0.1) is 0 Å². The number of nitrogens with one attached hydrogen (secondary N) is 1. The Balaban J connectivity index is 2.65. The number of benzene rings is 1. The third kappa shape index (κ3) is 5.35. The number of rotatable bonds is 8. The number of anilines is 1. The molecule has 3 N–H and O–H groups in total. The average Bonchev–Trinajstić information content (AvgIpc) is 2.54. The summed E-state index contributed by atoms with van der Waals surface area (Å²) in [5, 5.41) is 2.78. The highest BCUT2D eigenvalue weighted by Crippen LogP contribution is 2.12. The maximum absolute atomic E-state index is 12.2. The lowest BCUT2D eigenvalue weighted by atomic mass is 10.1. The predicted molar refractivity (Wildman–Crippen MR) is 93.3 cm³/mol. The van der Waals surface area contributed by atoms with Crippen molar-refractivity contribution in [2.45, 2.75) is 26.3 Å². The molecule has 0 heterocycles. The smallest absolute Gasteiger partial charge is 0.253 e. The number of carbonyl (C=O) groups is 2. The summed E-state index contributed by atoms with van der Waals surface area (Å²) < 4.78 is 0. The summed E-state index contributed by atoms with van der Waals surface area (Å²) in [6.45, 7) is 5.26. The zero-order valence-electron chi connectivity index (χ0n) is 13.5. The Morgan fingerprint density at radius 1 is 1.23 bits per heavy atom. The van der Waals surface area contributed by atoms with Crippen LogP contribution in [-0.2, 0) is 4.79 Å². The fourth-order valence-electron chi connectivity index (χ4n) is 2.00. The SMILES string of the molecule is CCN(CC)C(=O)c1ccc(NC(=O)[C@@H](N)CCSC)cc1. The van der Waals surface area contributed by atoms with Gasteiger partial charge in [-0.2, -0.15) is 11.8 Å². The molecule has 0 bridgehead atoms. The first kappa shape index (κ1) is 18.5. The van der Waals surface area contributed by atoms with E-state index >= 15 is 0 Å². The van der Waals surface area contributed by atoms with Crippen molar-refractivity contribution in [1.82, 2.24) is 4.90 Å². The molecule has 0 saturated heterocycles. The first-order valence-corrected chi connectivity index (χ1v) is 8.87. The number of nitrogens with two attached hydrogens (primary N) is 1. The third-order valence-corrected chi connectivity index (χ3v) is 4.06. The van der Waals surface area contributed by atoms with Crippen molar-refractivity contribution in [1.29, 1.82) is 0 Å². The largest absolute Gasteiger partial charge is 0.339 e. The molecule has 0 spiro atoms. The Morgan fingerprint density at radius 2 is 1.82 bits per heavy atom. The Morgan fingerprint density at radius 3 is 2.32 bits per heavy atom. The molecule has 0 aliphatic carbocycles. The minimum Gasteiger partial charge on any atom is -0.339 e. The van der Waals surface area contributed by atoms with Gasteiger partial charge in [-0.05, 0) is 56.5 Å². The van der Waals surface area contributed by atoms with Crippen LogP contribution in [0, 0.1) is 0 Å². The third-order valence-electron chi connectivity index (χ3n) is 3.42. The highest BCUT2D eigenvalue weighted by Gasteiger charge is 2.14. The molecular weight excluding hydrogens is 298 g/mol. The molecule has 0 aliphatic heterocycles. The molecule has 0 unspecified atom stereocenters. The van der Waals surface area contributed by atoms with Crippen LogP contribution in [0.5, 0.6) is 0 Å². The highest BCUT2D eigenvalue weighted by atomic mass is 32.2. The van der Waals surface area contributed by atoms with Crippen molar-refractivity contribution < 1.29 is 9.59 Å². The normalized spacial score (nSPS) is 11.8. The van der Waals surface area contributed by atoms with E-state index in [1.807, 2.05) is 20.1 Å². The highest BCUT2D eigenvalue weighted by molar-refractivity contribution is 7.98. The molecule has 1 aromatic rings.